The maximum atomic E-state index is 4.54. The van der Waals surface area contributed by atoms with Crippen LogP contribution in [0.2, 0.25) is 0 Å². The van der Waals surface area contributed by atoms with E-state index in [2.05, 4.69) is 39.7 Å². The van der Waals surface area contributed by atoms with Crippen LogP contribution in [0.5, 0.6) is 0 Å². The van der Waals surface area contributed by atoms with Crippen LogP contribution in [0.25, 0.3) is 0 Å². The molecule has 6 heteroatoms. The maximum absolute atomic E-state index is 4.54. The summed E-state index contributed by atoms with van der Waals surface area (Å²) in [6, 6.07) is 0. The Morgan fingerprint density at radius 3 is 2.94 bits per heavy atom. The first-order valence-corrected chi connectivity index (χ1v) is 6.72. The summed E-state index contributed by atoms with van der Waals surface area (Å²) >= 11 is 0. The highest BCUT2D eigenvalue weighted by atomic mass is 15.3. The Kier molecular flexibility index (Phi) is 4.55. The van der Waals surface area contributed by atoms with Crippen molar-refractivity contribution in [1.29, 1.82) is 0 Å². The Morgan fingerprint density at radius 1 is 1.44 bits per heavy atom. The fraction of sp³-hybridized carbons (Fsp3) is 0.750. The Balaban J connectivity index is 1.89. The molecule has 0 saturated heterocycles. The molecule has 0 atom stereocenters. The predicted molar refractivity (Wildman–Crippen MR) is 71.2 cm³/mol. The molecule has 1 heterocycles. The van der Waals surface area contributed by atoms with Crippen LogP contribution in [0.4, 0.5) is 0 Å². The predicted octanol–water partition coefficient (Wildman–Crippen LogP) is 0.763. The first-order chi connectivity index (χ1) is 8.83. The molecular formula is C12H22N6. The lowest BCUT2D eigenvalue weighted by atomic mass is 10.4. The molecule has 0 aliphatic heterocycles. The second-order valence-corrected chi connectivity index (χ2v) is 4.55. The third kappa shape index (κ3) is 3.72. The molecule has 1 aliphatic carbocycles. The van der Waals surface area contributed by atoms with Gasteiger partial charge in [0.25, 0.3) is 0 Å². The Bertz CT molecular complexity index is 393. The molecule has 1 saturated carbocycles. The first-order valence-electron chi connectivity index (χ1n) is 6.72. The zero-order chi connectivity index (χ0) is 12.8. The lowest BCUT2D eigenvalue weighted by Crippen LogP contribution is -2.38. The smallest absolute Gasteiger partial charge is 0.191 e. The molecule has 0 unspecified atom stereocenters. The van der Waals surface area contributed by atoms with Crippen molar-refractivity contribution < 1.29 is 0 Å². The van der Waals surface area contributed by atoms with Gasteiger partial charge in [-0.15, -0.1) is 10.2 Å². The summed E-state index contributed by atoms with van der Waals surface area (Å²) in [5.74, 6) is 2.62. The van der Waals surface area contributed by atoms with Crippen LogP contribution in [0.15, 0.2) is 11.3 Å². The standard InChI is InChI=1S/C12H22N6/c1-3-13-12(14-7-10-5-6-10)15-8-11-17-16-9-18(11)4-2/h9-10H,3-8H2,1-2H3,(H2,13,14,15). The van der Waals surface area contributed by atoms with Crippen molar-refractivity contribution in [2.75, 3.05) is 13.1 Å². The molecule has 0 radical (unpaired) electrons. The van der Waals surface area contributed by atoms with E-state index < -0.39 is 0 Å². The average Bonchev–Trinajstić information content (AvgIpc) is 3.10. The van der Waals surface area contributed by atoms with Gasteiger partial charge in [0.05, 0.1) is 0 Å². The van der Waals surface area contributed by atoms with Gasteiger partial charge in [-0.1, -0.05) is 0 Å². The highest BCUT2D eigenvalue weighted by Gasteiger charge is 2.21. The molecule has 2 N–H and O–H groups in total. The number of nitrogens with zero attached hydrogens (tertiary/aromatic N) is 4. The van der Waals surface area contributed by atoms with E-state index in [1.165, 1.54) is 12.8 Å². The minimum absolute atomic E-state index is 0.563. The fourth-order valence-electron chi connectivity index (χ4n) is 1.72. The highest BCUT2D eigenvalue weighted by molar-refractivity contribution is 5.79. The van der Waals surface area contributed by atoms with Crippen molar-refractivity contribution in [3.05, 3.63) is 12.2 Å². The summed E-state index contributed by atoms with van der Waals surface area (Å²) in [4.78, 5) is 4.54. The van der Waals surface area contributed by atoms with Gasteiger partial charge in [0.15, 0.2) is 11.8 Å². The van der Waals surface area contributed by atoms with Crippen molar-refractivity contribution in [2.45, 2.75) is 39.8 Å². The lowest BCUT2D eigenvalue weighted by Gasteiger charge is -2.10. The molecule has 0 bridgehead atoms. The van der Waals surface area contributed by atoms with Crippen LogP contribution in [0.3, 0.4) is 0 Å². The third-order valence-electron chi connectivity index (χ3n) is 3.01. The largest absolute Gasteiger partial charge is 0.357 e. The Hall–Kier alpha value is -1.59. The van der Waals surface area contributed by atoms with Crippen molar-refractivity contribution in [3.8, 4) is 0 Å². The van der Waals surface area contributed by atoms with Gasteiger partial charge < -0.3 is 15.2 Å². The number of hydrogen-bond donors (Lipinski definition) is 2. The van der Waals surface area contributed by atoms with Crippen molar-refractivity contribution >= 4 is 5.96 Å². The summed E-state index contributed by atoms with van der Waals surface area (Å²) in [5, 5.41) is 14.6. The Labute approximate surface area is 108 Å². The second kappa shape index (κ2) is 6.37. The molecule has 1 fully saturated rings. The normalized spacial score (nSPS) is 15.8. The quantitative estimate of drug-likeness (QED) is 0.578. The molecule has 0 spiro atoms. The number of guanidine groups is 1. The molecule has 1 aliphatic rings. The van der Waals surface area contributed by atoms with Crippen LogP contribution >= 0.6 is 0 Å². The van der Waals surface area contributed by atoms with E-state index in [4.69, 9.17) is 0 Å². The number of aliphatic imine (C=N–C) groups is 1. The number of aryl methyl sites for hydroxylation is 1. The van der Waals surface area contributed by atoms with E-state index in [-0.39, 0.29) is 0 Å². The van der Waals surface area contributed by atoms with E-state index in [1.807, 2.05) is 4.57 Å². The van der Waals surface area contributed by atoms with Gasteiger partial charge in [0.2, 0.25) is 0 Å². The monoisotopic (exact) mass is 250 g/mol. The number of aromatic nitrogens is 3. The summed E-state index contributed by atoms with van der Waals surface area (Å²) in [6.07, 6.45) is 4.43. The topological polar surface area (TPSA) is 67.1 Å². The lowest BCUT2D eigenvalue weighted by molar-refractivity contribution is 0.690. The van der Waals surface area contributed by atoms with Crippen molar-refractivity contribution in [1.82, 2.24) is 25.4 Å². The van der Waals surface area contributed by atoms with Gasteiger partial charge in [-0.2, -0.15) is 0 Å². The van der Waals surface area contributed by atoms with Crippen molar-refractivity contribution in [3.63, 3.8) is 0 Å². The van der Waals surface area contributed by atoms with E-state index in [9.17, 15) is 0 Å². The second-order valence-electron chi connectivity index (χ2n) is 4.55. The molecule has 1 aromatic rings. The molecule has 100 valence electrons. The third-order valence-corrected chi connectivity index (χ3v) is 3.01. The number of hydrogen-bond acceptors (Lipinski definition) is 3. The molecule has 2 rings (SSSR count). The summed E-state index contributed by atoms with van der Waals surface area (Å²) in [5.41, 5.74) is 0. The van der Waals surface area contributed by atoms with Crippen LogP contribution in [0, 0.1) is 5.92 Å². The highest BCUT2D eigenvalue weighted by Crippen LogP contribution is 2.27. The van der Waals surface area contributed by atoms with E-state index in [1.54, 1.807) is 6.33 Å². The van der Waals surface area contributed by atoms with Crippen LogP contribution < -0.4 is 10.6 Å². The van der Waals surface area contributed by atoms with Crippen LogP contribution in [0.1, 0.15) is 32.5 Å². The van der Waals surface area contributed by atoms with E-state index in [0.717, 1.165) is 37.3 Å². The first kappa shape index (κ1) is 12.9. The number of nitrogens with one attached hydrogen (secondary N) is 2. The maximum Gasteiger partial charge on any atom is 0.191 e. The van der Waals surface area contributed by atoms with Gasteiger partial charge in [-0.3, -0.25) is 0 Å². The summed E-state index contributed by atoms with van der Waals surface area (Å²) in [7, 11) is 0. The molecule has 0 aromatic carbocycles. The summed E-state index contributed by atoms with van der Waals surface area (Å²) in [6.45, 7) is 7.48. The van der Waals surface area contributed by atoms with Gasteiger partial charge >= 0.3 is 0 Å². The zero-order valence-electron chi connectivity index (χ0n) is 11.2. The van der Waals surface area contributed by atoms with Crippen LogP contribution in [-0.2, 0) is 13.1 Å². The molecule has 0 amide bonds. The number of rotatable bonds is 6. The zero-order valence-corrected chi connectivity index (χ0v) is 11.2. The fourth-order valence-corrected chi connectivity index (χ4v) is 1.72. The minimum Gasteiger partial charge on any atom is -0.357 e. The SMILES string of the molecule is CCNC(=NCc1nncn1CC)NCC1CC1. The van der Waals surface area contributed by atoms with Gasteiger partial charge in [-0.05, 0) is 32.6 Å². The minimum atomic E-state index is 0.563. The van der Waals surface area contributed by atoms with E-state index in [0.29, 0.717) is 6.54 Å². The molecule has 6 nitrogen and oxygen atoms in total. The van der Waals surface area contributed by atoms with Crippen molar-refractivity contribution in [2.24, 2.45) is 10.9 Å². The Morgan fingerprint density at radius 2 is 2.28 bits per heavy atom. The van der Waals surface area contributed by atoms with Gasteiger partial charge in [-0.25, -0.2) is 4.99 Å². The average molecular weight is 250 g/mol. The van der Waals surface area contributed by atoms with Crippen LogP contribution in [-0.4, -0.2) is 33.8 Å². The van der Waals surface area contributed by atoms with Gasteiger partial charge in [0.1, 0.15) is 12.9 Å². The molecule has 18 heavy (non-hydrogen) atoms. The summed E-state index contributed by atoms with van der Waals surface area (Å²) < 4.78 is 2.01. The van der Waals surface area contributed by atoms with Gasteiger partial charge in [0, 0.05) is 19.6 Å². The molecule has 1 aromatic heterocycles. The molecular weight excluding hydrogens is 228 g/mol. The van der Waals surface area contributed by atoms with E-state index >= 15 is 0 Å².